The highest BCUT2D eigenvalue weighted by Gasteiger charge is 2.16. The number of nitrogens with zero attached hydrogens (tertiary/aromatic N) is 1. The molecule has 3 nitrogen and oxygen atoms in total. The first-order valence-corrected chi connectivity index (χ1v) is 8.18. The fourth-order valence-corrected chi connectivity index (χ4v) is 2.46. The minimum atomic E-state index is -0.477. The number of benzene rings is 1. The SMILES string of the molecule is CCCCCN(CC(O)c1ccc(C(N)=S)cc1)C(C)C. The molecule has 0 spiro atoms. The average Bonchev–Trinajstić information content (AvgIpc) is 2.46. The van der Waals surface area contributed by atoms with Crippen LogP contribution in [0.2, 0.25) is 0 Å². The molecule has 0 fully saturated rings. The van der Waals surface area contributed by atoms with Gasteiger partial charge in [-0.05, 0) is 32.4 Å². The Kier molecular flexibility index (Phi) is 7.86. The summed E-state index contributed by atoms with van der Waals surface area (Å²) in [6.45, 7) is 8.25. The summed E-state index contributed by atoms with van der Waals surface area (Å²) < 4.78 is 0. The Balaban J connectivity index is 2.63. The minimum Gasteiger partial charge on any atom is -0.389 e. The lowest BCUT2D eigenvalue weighted by molar-refractivity contribution is 0.0942. The van der Waals surface area contributed by atoms with Gasteiger partial charge in [-0.2, -0.15) is 0 Å². The van der Waals surface area contributed by atoms with Gasteiger partial charge in [0.05, 0.1) is 6.10 Å². The van der Waals surface area contributed by atoms with Gasteiger partial charge in [-0.3, -0.25) is 4.90 Å². The average molecular weight is 308 g/mol. The van der Waals surface area contributed by atoms with Crippen molar-refractivity contribution in [2.24, 2.45) is 5.73 Å². The van der Waals surface area contributed by atoms with Crippen molar-refractivity contribution in [3.63, 3.8) is 0 Å². The first-order chi connectivity index (χ1) is 9.95. The number of aliphatic hydroxyl groups is 1. The van der Waals surface area contributed by atoms with Crippen molar-refractivity contribution in [1.82, 2.24) is 4.90 Å². The second-order valence-electron chi connectivity index (χ2n) is 5.80. The van der Waals surface area contributed by atoms with Gasteiger partial charge < -0.3 is 10.8 Å². The van der Waals surface area contributed by atoms with Crippen molar-refractivity contribution < 1.29 is 5.11 Å². The van der Waals surface area contributed by atoms with Gasteiger partial charge in [0.1, 0.15) is 4.99 Å². The highest BCUT2D eigenvalue weighted by Crippen LogP contribution is 2.17. The predicted molar refractivity (Wildman–Crippen MR) is 93.5 cm³/mol. The number of aliphatic hydroxyl groups excluding tert-OH is 1. The van der Waals surface area contributed by atoms with Gasteiger partial charge in [0, 0.05) is 18.2 Å². The van der Waals surface area contributed by atoms with Crippen LogP contribution >= 0.6 is 12.2 Å². The van der Waals surface area contributed by atoms with E-state index < -0.39 is 6.10 Å². The molecule has 0 heterocycles. The Morgan fingerprint density at radius 3 is 2.33 bits per heavy atom. The molecular formula is C17H28N2OS. The van der Waals surface area contributed by atoms with Gasteiger partial charge in [0.2, 0.25) is 0 Å². The molecule has 4 heteroatoms. The van der Waals surface area contributed by atoms with Crippen molar-refractivity contribution in [1.29, 1.82) is 0 Å². The zero-order valence-corrected chi connectivity index (χ0v) is 14.2. The van der Waals surface area contributed by atoms with Crippen LogP contribution in [0.4, 0.5) is 0 Å². The summed E-state index contributed by atoms with van der Waals surface area (Å²) in [5.74, 6) is 0. The van der Waals surface area contributed by atoms with Crippen LogP contribution in [0.25, 0.3) is 0 Å². The van der Waals surface area contributed by atoms with Crippen LogP contribution in [0.5, 0.6) is 0 Å². The zero-order chi connectivity index (χ0) is 15.8. The molecule has 0 aliphatic heterocycles. The predicted octanol–water partition coefficient (Wildman–Crippen LogP) is 3.25. The Bertz CT molecular complexity index is 431. The molecule has 0 radical (unpaired) electrons. The molecule has 0 aromatic heterocycles. The Morgan fingerprint density at radius 2 is 1.86 bits per heavy atom. The second-order valence-corrected chi connectivity index (χ2v) is 6.24. The molecule has 1 atom stereocenters. The summed E-state index contributed by atoms with van der Waals surface area (Å²) in [7, 11) is 0. The lowest BCUT2D eigenvalue weighted by Crippen LogP contribution is -2.35. The number of hydrogen-bond acceptors (Lipinski definition) is 3. The Labute approximate surface area is 134 Å². The molecule has 1 aromatic carbocycles. The standard InChI is InChI=1S/C17H28N2OS/c1-4-5-6-11-19(13(2)3)12-16(20)14-7-9-15(10-8-14)17(18)21/h7-10,13,16,20H,4-6,11-12H2,1-3H3,(H2,18,21). The molecule has 1 aromatic rings. The minimum absolute atomic E-state index is 0.388. The molecule has 0 aliphatic rings. The molecule has 0 amide bonds. The highest BCUT2D eigenvalue weighted by atomic mass is 32.1. The molecule has 1 rings (SSSR count). The van der Waals surface area contributed by atoms with Crippen LogP contribution < -0.4 is 5.73 Å². The van der Waals surface area contributed by atoms with Crippen molar-refractivity contribution >= 4 is 17.2 Å². The first kappa shape index (κ1) is 18.1. The number of hydrogen-bond donors (Lipinski definition) is 2. The maximum atomic E-state index is 10.4. The van der Waals surface area contributed by atoms with Gasteiger partial charge >= 0.3 is 0 Å². The molecule has 1 unspecified atom stereocenters. The van der Waals surface area contributed by atoms with Gasteiger partial charge in [0.25, 0.3) is 0 Å². The molecule has 0 bridgehead atoms. The number of unbranched alkanes of at least 4 members (excludes halogenated alkanes) is 2. The third-order valence-electron chi connectivity index (χ3n) is 3.77. The largest absolute Gasteiger partial charge is 0.389 e. The van der Waals surface area contributed by atoms with E-state index in [4.69, 9.17) is 18.0 Å². The zero-order valence-electron chi connectivity index (χ0n) is 13.4. The van der Waals surface area contributed by atoms with E-state index in [1.54, 1.807) is 0 Å². The monoisotopic (exact) mass is 308 g/mol. The summed E-state index contributed by atoms with van der Waals surface area (Å²) in [6.07, 6.45) is 3.16. The van der Waals surface area contributed by atoms with Crippen LogP contribution in [0, 0.1) is 0 Å². The summed E-state index contributed by atoms with van der Waals surface area (Å²) in [6, 6.07) is 8.00. The molecular weight excluding hydrogens is 280 g/mol. The molecule has 0 aliphatic carbocycles. The number of nitrogens with two attached hydrogens (primary N) is 1. The summed E-state index contributed by atoms with van der Waals surface area (Å²) in [5, 5.41) is 10.4. The quantitative estimate of drug-likeness (QED) is 0.543. The maximum absolute atomic E-state index is 10.4. The first-order valence-electron chi connectivity index (χ1n) is 7.77. The molecule has 21 heavy (non-hydrogen) atoms. The summed E-state index contributed by atoms with van der Waals surface area (Å²) >= 11 is 4.94. The topological polar surface area (TPSA) is 49.5 Å². The van der Waals surface area contributed by atoms with Gasteiger partial charge in [0.15, 0.2) is 0 Å². The Morgan fingerprint density at radius 1 is 1.24 bits per heavy atom. The molecule has 3 N–H and O–H groups in total. The van der Waals surface area contributed by atoms with Crippen molar-refractivity contribution in [2.75, 3.05) is 13.1 Å². The van der Waals surface area contributed by atoms with E-state index in [-0.39, 0.29) is 0 Å². The highest BCUT2D eigenvalue weighted by molar-refractivity contribution is 7.80. The lowest BCUT2D eigenvalue weighted by atomic mass is 10.1. The van der Waals surface area contributed by atoms with Crippen molar-refractivity contribution in [3.05, 3.63) is 35.4 Å². The third-order valence-corrected chi connectivity index (χ3v) is 4.00. The Hall–Kier alpha value is -0.970. The molecule has 0 saturated carbocycles. The number of rotatable bonds is 9. The van der Waals surface area contributed by atoms with Crippen molar-refractivity contribution in [3.8, 4) is 0 Å². The van der Waals surface area contributed by atoms with E-state index in [9.17, 15) is 5.11 Å². The van der Waals surface area contributed by atoms with E-state index >= 15 is 0 Å². The van der Waals surface area contributed by atoms with E-state index in [1.165, 1.54) is 19.3 Å². The second kappa shape index (κ2) is 9.13. The van der Waals surface area contributed by atoms with E-state index in [1.807, 2.05) is 24.3 Å². The molecule has 0 saturated heterocycles. The van der Waals surface area contributed by atoms with E-state index in [2.05, 4.69) is 25.7 Å². The molecule has 118 valence electrons. The van der Waals surface area contributed by atoms with E-state index in [0.717, 1.165) is 17.7 Å². The lowest BCUT2D eigenvalue weighted by Gasteiger charge is -2.29. The van der Waals surface area contributed by atoms with Crippen LogP contribution in [0.15, 0.2) is 24.3 Å². The summed E-state index contributed by atoms with van der Waals surface area (Å²) in [4.78, 5) is 2.72. The fraction of sp³-hybridized carbons (Fsp3) is 0.588. The third kappa shape index (κ3) is 6.12. The van der Waals surface area contributed by atoms with Crippen LogP contribution in [0.1, 0.15) is 57.3 Å². The van der Waals surface area contributed by atoms with Crippen LogP contribution in [-0.4, -0.2) is 34.1 Å². The van der Waals surface area contributed by atoms with Crippen molar-refractivity contribution in [2.45, 2.75) is 52.2 Å². The van der Waals surface area contributed by atoms with Crippen LogP contribution in [-0.2, 0) is 0 Å². The van der Waals surface area contributed by atoms with Gasteiger partial charge in [-0.25, -0.2) is 0 Å². The maximum Gasteiger partial charge on any atom is 0.103 e. The smallest absolute Gasteiger partial charge is 0.103 e. The van der Waals surface area contributed by atoms with E-state index in [0.29, 0.717) is 17.6 Å². The fourth-order valence-electron chi connectivity index (χ4n) is 2.32. The number of thiocarbonyl (C=S) groups is 1. The summed E-state index contributed by atoms with van der Waals surface area (Å²) in [5.41, 5.74) is 7.34. The van der Waals surface area contributed by atoms with Gasteiger partial charge in [-0.15, -0.1) is 0 Å². The van der Waals surface area contributed by atoms with Crippen LogP contribution in [0.3, 0.4) is 0 Å². The normalized spacial score (nSPS) is 12.9. The van der Waals surface area contributed by atoms with Gasteiger partial charge in [-0.1, -0.05) is 56.2 Å².